The van der Waals surface area contributed by atoms with E-state index in [9.17, 15) is 13.2 Å². The fourth-order valence-corrected chi connectivity index (χ4v) is 6.17. The minimum atomic E-state index is -3.57. The van der Waals surface area contributed by atoms with Gasteiger partial charge in [-0.1, -0.05) is 26.8 Å². The number of ether oxygens (including phenoxy) is 1. The van der Waals surface area contributed by atoms with E-state index >= 15 is 0 Å². The fourth-order valence-electron chi connectivity index (χ4n) is 3.69. The predicted octanol–water partition coefficient (Wildman–Crippen LogP) is 4.06. The molecule has 1 saturated heterocycles. The molecule has 2 heterocycles. The molecule has 0 saturated carbocycles. The van der Waals surface area contributed by atoms with Gasteiger partial charge in [-0.25, -0.2) is 8.42 Å². The lowest BCUT2D eigenvalue weighted by atomic mass is 9.85. The van der Waals surface area contributed by atoms with Crippen molar-refractivity contribution in [2.75, 3.05) is 20.2 Å². The first-order chi connectivity index (χ1) is 14.1. The highest BCUT2D eigenvalue weighted by Gasteiger charge is 2.35. The molecular formula is C22H30N2O4S2. The van der Waals surface area contributed by atoms with Crippen molar-refractivity contribution in [3.63, 3.8) is 0 Å². The van der Waals surface area contributed by atoms with Gasteiger partial charge in [0.2, 0.25) is 15.9 Å². The third-order valence-corrected chi connectivity index (χ3v) is 8.35. The van der Waals surface area contributed by atoms with Crippen molar-refractivity contribution in [2.24, 2.45) is 11.3 Å². The molecule has 1 N–H and O–H groups in total. The summed E-state index contributed by atoms with van der Waals surface area (Å²) in [4.78, 5) is 14.3. The molecule has 2 aromatic rings. The van der Waals surface area contributed by atoms with E-state index < -0.39 is 10.0 Å². The van der Waals surface area contributed by atoms with Crippen molar-refractivity contribution in [2.45, 2.75) is 44.6 Å². The zero-order valence-corrected chi connectivity index (χ0v) is 19.6. The second-order valence-corrected chi connectivity index (χ2v) is 11.6. The van der Waals surface area contributed by atoms with Gasteiger partial charge in [0.05, 0.1) is 18.0 Å². The molecule has 3 rings (SSSR count). The van der Waals surface area contributed by atoms with Gasteiger partial charge < -0.3 is 10.1 Å². The minimum absolute atomic E-state index is 0.00446. The SMILES string of the molecule is COc1ccc(S(=O)(=O)N2CCC(C(=O)NC(c3cccs3)C(C)(C)C)CC2)cc1. The molecule has 1 amide bonds. The van der Waals surface area contributed by atoms with Gasteiger partial charge in [0.15, 0.2) is 0 Å². The third-order valence-electron chi connectivity index (χ3n) is 5.50. The molecule has 1 aromatic carbocycles. The summed E-state index contributed by atoms with van der Waals surface area (Å²) in [7, 11) is -2.03. The number of rotatable bonds is 6. The third kappa shape index (κ3) is 5.04. The van der Waals surface area contributed by atoms with Crippen molar-refractivity contribution in [3.05, 3.63) is 46.7 Å². The van der Waals surface area contributed by atoms with Crippen LogP contribution in [0.2, 0.25) is 0 Å². The standard InChI is InChI=1S/C22H30N2O4S2/c1-22(2,3)20(19-6-5-15-29-19)23-21(25)16-11-13-24(14-12-16)30(26,27)18-9-7-17(28-4)8-10-18/h5-10,15-16,20H,11-14H2,1-4H3,(H,23,25). The highest BCUT2D eigenvalue weighted by atomic mass is 32.2. The maximum absolute atomic E-state index is 13.0. The first-order valence-corrected chi connectivity index (χ1v) is 12.4. The van der Waals surface area contributed by atoms with Gasteiger partial charge in [-0.3, -0.25) is 4.79 Å². The molecule has 1 atom stereocenters. The Hall–Kier alpha value is -1.90. The van der Waals surface area contributed by atoms with E-state index in [1.807, 2.05) is 17.5 Å². The number of piperidine rings is 1. The normalized spacial score (nSPS) is 17.5. The summed E-state index contributed by atoms with van der Waals surface area (Å²) in [5.41, 5.74) is -0.112. The Bertz CT molecular complexity index is 940. The topological polar surface area (TPSA) is 75.7 Å². The van der Waals surface area contributed by atoms with Crippen molar-refractivity contribution in [3.8, 4) is 5.75 Å². The molecule has 0 spiro atoms. The number of carbonyl (C=O) groups is 1. The van der Waals surface area contributed by atoms with E-state index in [2.05, 4.69) is 26.1 Å². The van der Waals surface area contributed by atoms with Crippen LogP contribution in [0.3, 0.4) is 0 Å². The van der Waals surface area contributed by atoms with Crippen LogP contribution in [0.1, 0.15) is 44.5 Å². The molecule has 1 aromatic heterocycles. The van der Waals surface area contributed by atoms with Gasteiger partial charge in [0.1, 0.15) is 5.75 Å². The van der Waals surface area contributed by atoms with Crippen LogP contribution in [0.4, 0.5) is 0 Å². The largest absolute Gasteiger partial charge is 0.497 e. The number of benzene rings is 1. The molecule has 8 heteroatoms. The molecule has 1 aliphatic rings. The summed E-state index contributed by atoms with van der Waals surface area (Å²) in [5, 5.41) is 5.23. The molecule has 0 radical (unpaired) electrons. The highest BCUT2D eigenvalue weighted by Crippen LogP contribution is 2.36. The minimum Gasteiger partial charge on any atom is -0.497 e. The Morgan fingerprint density at radius 3 is 2.30 bits per heavy atom. The second kappa shape index (κ2) is 9.08. The van der Waals surface area contributed by atoms with Gasteiger partial charge in [-0.2, -0.15) is 4.31 Å². The van der Waals surface area contributed by atoms with Crippen LogP contribution in [0.15, 0.2) is 46.7 Å². The second-order valence-electron chi connectivity index (χ2n) is 8.68. The van der Waals surface area contributed by atoms with Gasteiger partial charge in [0, 0.05) is 23.9 Å². The molecule has 1 aliphatic heterocycles. The van der Waals surface area contributed by atoms with E-state index in [0.717, 1.165) is 4.88 Å². The summed E-state index contributed by atoms with van der Waals surface area (Å²) in [5.74, 6) is 0.436. The Labute approximate surface area is 183 Å². The van der Waals surface area contributed by atoms with Crippen molar-refractivity contribution in [1.29, 1.82) is 0 Å². The summed E-state index contributed by atoms with van der Waals surface area (Å²) in [6, 6.07) is 10.4. The van der Waals surface area contributed by atoms with Crippen LogP contribution in [0.5, 0.6) is 5.75 Å². The smallest absolute Gasteiger partial charge is 0.243 e. The summed E-state index contributed by atoms with van der Waals surface area (Å²) in [6.07, 6.45) is 1.03. The number of thiophene rings is 1. The molecule has 164 valence electrons. The number of carbonyl (C=O) groups excluding carboxylic acids is 1. The van der Waals surface area contributed by atoms with Gasteiger partial charge >= 0.3 is 0 Å². The van der Waals surface area contributed by atoms with E-state index in [4.69, 9.17) is 4.74 Å². The zero-order valence-electron chi connectivity index (χ0n) is 17.9. The highest BCUT2D eigenvalue weighted by molar-refractivity contribution is 7.89. The maximum Gasteiger partial charge on any atom is 0.243 e. The number of sulfonamides is 1. The molecular weight excluding hydrogens is 420 g/mol. The lowest BCUT2D eigenvalue weighted by Crippen LogP contribution is -2.45. The first kappa shape index (κ1) is 22.8. The molecule has 0 bridgehead atoms. The Balaban J connectivity index is 1.63. The molecule has 30 heavy (non-hydrogen) atoms. The Morgan fingerprint density at radius 1 is 1.17 bits per heavy atom. The van der Waals surface area contributed by atoms with E-state index in [0.29, 0.717) is 31.7 Å². The first-order valence-electron chi connectivity index (χ1n) is 10.1. The van der Waals surface area contributed by atoms with Gasteiger partial charge in [-0.05, 0) is 54.0 Å². The fraction of sp³-hybridized carbons (Fsp3) is 0.500. The van der Waals surface area contributed by atoms with Crippen molar-refractivity contribution in [1.82, 2.24) is 9.62 Å². The molecule has 0 aliphatic carbocycles. The number of methoxy groups -OCH3 is 1. The zero-order chi connectivity index (χ0) is 21.9. The quantitative estimate of drug-likeness (QED) is 0.720. The average molecular weight is 451 g/mol. The lowest BCUT2D eigenvalue weighted by molar-refractivity contribution is -0.127. The van der Waals surface area contributed by atoms with E-state index in [-0.39, 0.29) is 28.2 Å². The Morgan fingerprint density at radius 2 is 1.80 bits per heavy atom. The summed E-state index contributed by atoms with van der Waals surface area (Å²) >= 11 is 1.64. The number of nitrogens with zero attached hydrogens (tertiary/aromatic N) is 1. The average Bonchev–Trinajstić information content (AvgIpc) is 3.25. The maximum atomic E-state index is 13.0. The van der Waals surface area contributed by atoms with E-state index in [1.54, 1.807) is 42.7 Å². The lowest BCUT2D eigenvalue weighted by Gasteiger charge is -2.34. The molecule has 6 nitrogen and oxygen atoms in total. The van der Waals surface area contributed by atoms with E-state index in [1.165, 1.54) is 4.31 Å². The van der Waals surface area contributed by atoms with Crippen LogP contribution >= 0.6 is 11.3 Å². The summed E-state index contributed by atoms with van der Waals surface area (Å²) < 4.78 is 32.4. The van der Waals surface area contributed by atoms with Crippen LogP contribution in [-0.4, -0.2) is 38.8 Å². The molecule has 1 unspecified atom stereocenters. The monoisotopic (exact) mass is 450 g/mol. The van der Waals surface area contributed by atoms with Crippen LogP contribution in [0.25, 0.3) is 0 Å². The number of hydrogen-bond acceptors (Lipinski definition) is 5. The number of hydrogen-bond donors (Lipinski definition) is 1. The van der Waals surface area contributed by atoms with Gasteiger partial charge in [0.25, 0.3) is 0 Å². The van der Waals surface area contributed by atoms with Crippen LogP contribution < -0.4 is 10.1 Å². The summed E-state index contributed by atoms with van der Waals surface area (Å²) in [6.45, 7) is 7.02. The van der Waals surface area contributed by atoms with Crippen LogP contribution in [0, 0.1) is 11.3 Å². The van der Waals surface area contributed by atoms with Crippen LogP contribution in [-0.2, 0) is 14.8 Å². The number of amides is 1. The predicted molar refractivity (Wildman–Crippen MR) is 119 cm³/mol. The van der Waals surface area contributed by atoms with Crippen molar-refractivity contribution >= 4 is 27.3 Å². The van der Waals surface area contributed by atoms with Crippen molar-refractivity contribution < 1.29 is 17.9 Å². The number of nitrogens with one attached hydrogen (secondary N) is 1. The van der Waals surface area contributed by atoms with Gasteiger partial charge in [-0.15, -0.1) is 11.3 Å². The Kier molecular flexibility index (Phi) is 6.89. The molecule has 1 fully saturated rings.